The maximum atomic E-state index is 11.4. The number of amides is 1. The normalized spacial score (nSPS) is 13.7. The van der Waals surface area contributed by atoms with Gasteiger partial charge in [-0.05, 0) is 27.2 Å². The van der Waals surface area contributed by atoms with Crippen molar-refractivity contribution in [1.82, 2.24) is 10.6 Å². The van der Waals surface area contributed by atoms with E-state index in [9.17, 15) is 4.79 Å². The highest BCUT2D eigenvalue weighted by Gasteiger charge is 2.04. The quantitative estimate of drug-likeness (QED) is 0.460. The molecule has 0 bridgehead atoms. The Bertz CT molecular complexity index is 238. The number of rotatable bonds is 6. The van der Waals surface area contributed by atoms with E-state index in [1.807, 2.05) is 27.7 Å². The summed E-state index contributed by atoms with van der Waals surface area (Å²) in [5.74, 6) is 0.418. The van der Waals surface area contributed by atoms with E-state index in [1.165, 1.54) is 0 Å². The van der Waals surface area contributed by atoms with Crippen LogP contribution in [0.1, 0.15) is 40.5 Å². The summed E-state index contributed by atoms with van der Waals surface area (Å²) < 4.78 is 0. The van der Waals surface area contributed by atoms with E-state index in [1.54, 1.807) is 0 Å². The predicted molar refractivity (Wildman–Crippen MR) is 67.3 cm³/mol. The van der Waals surface area contributed by atoms with Crippen LogP contribution in [-0.2, 0) is 4.79 Å². The van der Waals surface area contributed by atoms with Gasteiger partial charge in [-0.1, -0.05) is 6.92 Å². The van der Waals surface area contributed by atoms with E-state index >= 15 is 0 Å². The van der Waals surface area contributed by atoms with Crippen LogP contribution in [0.25, 0.3) is 0 Å². The van der Waals surface area contributed by atoms with Crippen molar-refractivity contribution in [3.63, 3.8) is 0 Å². The minimum Gasteiger partial charge on any atom is -0.370 e. The van der Waals surface area contributed by atoms with Crippen LogP contribution in [0.4, 0.5) is 0 Å². The second kappa shape index (κ2) is 7.96. The number of hydrogen-bond acceptors (Lipinski definition) is 2. The fourth-order valence-electron chi connectivity index (χ4n) is 1.07. The molecule has 0 aliphatic rings. The number of nitrogens with two attached hydrogens (primary N) is 1. The van der Waals surface area contributed by atoms with Crippen LogP contribution in [0.2, 0.25) is 0 Å². The number of hydrogen-bond donors (Lipinski definition) is 3. The van der Waals surface area contributed by atoms with Gasteiger partial charge in [0.25, 0.3) is 0 Å². The van der Waals surface area contributed by atoms with Crippen LogP contribution in [-0.4, -0.2) is 30.5 Å². The van der Waals surface area contributed by atoms with Crippen LogP contribution in [0.15, 0.2) is 4.99 Å². The standard InChI is InChI=1S/C11H24N4O/c1-5-9(4)15-10(16)6-7-13-11(12)14-8(2)3/h8-9H,5-7H2,1-4H3,(H,15,16)(H3,12,13,14). The van der Waals surface area contributed by atoms with Gasteiger partial charge in [-0.25, -0.2) is 0 Å². The van der Waals surface area contributed by atoms with Gasteiger partial charge >= 0.3 is 0 Å². The highest BCUT2D eigenvalue weighted by molar-refractivity contribution is 5.79. The van der Waals surface area contributed by atoms with Crippen molar-refractivity contribution in [1.29, 1.82) is 0 Å². The summed E-state index contributed by atoms with van der Waals surface area (Å²) in [6.45, 7) is 8.41. The molecule has 0 aromatic carbocycles. The van der Waals surface area contributed by atoms with Gasteiger partial charge in [-0.2, -0.15) is 0 Å². The summed E-state index contributed by atoms with van der Waals surface area (Å²) in [6.07, 6.45) is 1.32. The first-order chi connectivity index (χ1) is 7.45. The summed E-state index contributed by atoms with van der Waals surface area (Å²) >= 11 is 0. The molecule has 0 aromatic rings. The van der Waals surface area contributed by atoms with Crippen LogP contribution >= 0.6 is 0 Å². The Hall–Kier alpha value is -1.26. The zero-order valence-corrected chi connectivity index (χ0v) is 10.7. The molecular formula is C11H24N4O. The van der Waals surface area contributed by atoms with Crippen LogP contribution in [0.5, 0.6) is 0 Å². The molecule has 5 nitrogen and oxygen atoms in total. The molecule has 0 radical (unpaired) electrons. The van der Waals surface area contributed by atoms with Crippen molar-refractivity contribution in [2.75, 3.05) is 6.54 Å². The number of carbonyl (C=O) groups excluding carboxylic acids is 1. The molecule has 0 fully saturated rings. The van der Waals surface area contributed by atoms with Gasteiger partial charge in [0.15, 0.2) is 5.96 Å². The van der Waals surface area contributed by atoms with Crippen LogP contribution in [0.3, 0.4) is 0 Å². The number of aliphatic imine (C=N–C) groups is 1. The average molecular weight is 228 g/mol. The Kier molecular flexibility index (Phi) is 7.33. The molecule has 0 aliphatic heterocycles. The molecule has 1 atom stereocenters. The molecule has 1 amide bonds. The molecule has 16 heavy (non-hydrogen) atoms. The SMILES string of the molecule is CCC(C)NC(=O)CCN=C(N)NC(C)C. The minimum absolute atomic E-state index is 0.0236. The third kappa shape index (κ3) is 8.08. The number of guanidine groups is 1. The summed E-state index contributed by atoms with van der Waals surface area (Å²) in [4.78, 5) is 15.4. The smallest absolute Gasteiger partial charge is 0.222 e. The summed E-state index contributed by atoms with van der Waals surface area (Å²) in [5.41, 5.74) is 5.60. The summed E-state index contributed by atoms with van der Waals surface area (Å²) in [5, 5.41) is 5.84. The van der Waals surface area contributed by atoms with Gasteiger partial charge < -0.3 is 16.4 Å². The lowest BCUT2D eigenvalue weighted by Crippen LogP contribution is -2.37. The molecule has 5 heteroatoms. The topological polar surface area (TPSA) is 79.5 Å². The third-order valence-corrected chi connectivity index (χ3v) is 2.08. The molecule has 0 spiro atoms. The second-order valence-electron chi connectivity index (χ2n) is 4.19. The predicted octanol–water partition coefficient (Wildman–Crippen LogP) is 0.604. The molecule has 1 unspecified atom stereocenters. The second-order valence-corrected chi connectivity index (χ2v) is 4.19. The number of nitrogens with zero attached hydrogens (tertiary/aromatic N) is 1. The molecule has 0 heterocycles. The first kappa shape index (κ1) is 14.7. The Balaban J connectivity index is 3.76. The Morgan fingerprint density at radius 3 is 2.44 bits per heavy atom. The monoisotopic (exact) mass is 228 g/mol. The Morgan fingerprint density at radius 1 is 1.31 bits per heavy atom. The highest BCUT2D eigenvalue weighted by atomic mass is 16.1. The van der Waals surface area contributed by atoms with E-state index in [-0.39, 0.29) is 18.0 Å². The van der Waals surface area contributed by atoms with Crippen LogP contribution < -0.4 is 16.4 Å². The molecule has 94 valence electrons. The van der Waals surface area contributed by atoms with E-state index < -0.39 is 0 Å². The fourth-order valence-corrected chi connectivity index (χ4v) is 1.07. The van der Waals surface area contributed by atoms with E-state index in [4.69, 9.17) is 5.73 Å². The molecule has 0 aromatic heterocycles. The summed E-state index contributed by atoms with van der Waals surface area (Å²) in [7, 11) is 0. The van der Waals surface area contributed by atoms with Crippen molar-refractivity contribution < 1.29 is 4.79 Å². The van der Waals surface area contributed by atoms with Crippen molar-refractivity contribution >= 4 is 11.9 Å². The van der Waals surface area contributed by atoms with E-state index in [0.717, 1.165) is 6.42 Å². The highest BCUT2D eigenvalue weighted by Crippen LogP contribution is 1.90. The number of carbonyl (C=O) groups is 1. The van der Waals surface area contributed by atoms with Gasteiger partial charge in [0.2, 0.25) is 5.91 Å². The van der Waals surface area contributed by atoms with Gasteiger partial charge in [0.05, 0.1) is 6.54 Å². The minimum atomic E-state index is 0.0236. The lowest BCUT2D eigenvalue weighted by atomic mass is 10.2. The Labute approximate surface area is 97.9 Å². The van der Waals surface area contributed by atoms with Gasteiger partial charge in [0.1, 0.15) is 0 Å². The molecular weight excluding hydrogens is 204 g/mol. The lowest BCUT2D eigenvalue weighted by Gasteiger charge is -2.11. The Morgan fingerprint density at radius 2 is 1.94 bits per heavy atom. The van der Waals surface area contributed by atoms with Crippen molar-refractivity contribution in [3.8, 4) is 0 Å². The van der Waals surface area contributed by atoms with Crippen LogP contribution in [0, 0.1) is 0 Å². The number of nitrogens with one attached hydrogen (secondary N) is 2. The van der Waals surface area contributed by atoms with E-state index in [0.29, 0.717) is 18.9 Å². The fraction of sp³-hybridized carbons (Fsp3) is 0.818. The maximum absolute atomic E-state index is 11.4. The first-order valence-corrected chi connectivity index (χ1v) is 5.81. The molecule has 0 saturated heterocycles. The third-order valence-electron chi connectivity index (χ3n) is 2.08. The molecule has 0 aliphatic carbocycles. The molecule has 0 saturated carbocycles. The molecule has 4 N–H and O–H groups in total. The van der Waals surface area contributed by atoms with Gasteiger partial charge in [-0.15, -0.1) is 0 Å². The van der Waals surface area contributed by atoms with Crippen molar-refractivity contribution in [2.24, 2.45) is 10.7 Å². The van der Waals surface area contributed by atoms with E-state index in [2.05, 4.69) is 15.6 Å². The van der Waals surface area contributed by atoms with Gasteiger partial charge in [0, 0.05) is 18.5 Å². The zero-order chi connectivity index (χ0) is 12.6. The van der Waals surface area contributed by atoms with Crippen molar-refractivity contribution in [2.45, 2.75) is 52.6 Å². The first-order valence-electron chi connectivity index (χ1n) is 5.81. The van der Waals surface area contributed by atoms with Gasteiger partial charge in [-0.3, -0.25) is 9.79 Å². The molecule has 0 rings (SSSR count). The lowest BCUT2D eigenvalue weighted by molar-refractivity contribution is -0.121. The van der Waals surface area contributed by atoms with Crippen molar-refractivity contribution in [3.05, 3.63) is 0 Å². The maximum Gasteiger partial charge on any atom is 0.222 e. The zero-order valence-electron chi connectivity index (χ0n) is 10.7. The largest absolute Gasteiger partial charge is 0.370 e. The summed E-state index contributed by atoms with van der Waals surface area (Å²) in [6, 6.07) is 0.486. The average Bonchev–Trinajstić information content (AvgIpc) is 2.16.